The zero-order valence-electron chi connectivity index (χ0n) is 40.4. The van der Waals surface area contributed by atoms with E-state index in [0.29, 0.717) is 13.1 Å². The fraction of sp³-hybridized carbons (Fsp3) is 0.848. The Kier molecular flexibility index (Phi) is 18.8. The van der Waals surface area contributed by atoms with E-state index in [-0.39, 0.29) is 43.0 Å². The number of nitrogens with one attached hydrogen (secondary N) is 2. The zero-order chi connectivity index (χ0) is 48.2. The fourth-order valence-corrected chi connectivity index (χ4v) is 11.4. The van der Waals surface area contributed by atoms with Crippen molar-refractivity contribution in [1.29, 1.82) is 0 Å². The van der Waals surface area contributed by atoms with Crippen molar-refractivity contribution >= 4 is 16.0 Å². The number of cyclic esters (lactones) is 1. The molecule has 3 aliphatic rings. The average molecular weight is 932 g/mol. The summed E-state index contributed by atoms with van der Waals surface area (Å²) >= 11 is 0. The lowest BCUT2D eigenvalue weighted by Gasteiger charge is -2.53. The number of carbonyl (C=O) groups is 1. The van der Waals surface area contributed by atoms with Crippen LogP contribution in [0.4, 0.5) is 0 Å². The summed E-state index contributed by atoms with van der Waals surface area (Å²) in [6.45, 7) is 20.1. The molecule has 0 radical (unpaired) electrons. The summed E-state index contributed by atoms with van der Waals surface area (Å²) in [6.07, 6.45) is -9.17. The van der Waals surface area contributed by atoms with Crippen LogP contribution in [0.1, 0.15) is 108 Å². The number of sulfonamides is 1. The monoisotopic (exact) mass is 932 g/mol. The van der Waals surface area contributed by atoms with Gasteiger partial charge < -0.3 is 64.6 Å². The highest BCUT2D eigenvalue weighted by Gasteiger charge is 2.58. The summed E-state index contributed by atoms with van der Waals surface area (Å²) in [5, 5.41) is 66.6. The van der Waals surface area contributed by atoms with Crippen LogP contribution in [0.15, 0.2) is 35.2 Å². The maximum atomic E-state index is 14.5. The van der Waals surface area contributed by atoms with Crippen molar-refractivity contribution in [3.63, 3.8) is 0 Å². The normalized spacial score (nSPS) is 43.6. The maximum Gasteiger partial charge on any atom is 0.311 e. The van der Waals surface area contributed by atoms with Crippen molar-refractivity contribution < 1.29 is 67.2 Å². The number of methoxy groups -OCH3 is 1. The molecule has 0 spiro atoms. The summed E-state index contributed by atoms with van der Waals surface area (Å²) in [5.41, 5.74) is -6.31. The summed E-state index contributed by atoms with van der Waals surface area (Å²) in [6, 6.07) is 6.25. The highest BCUT2D eigenvalue weighted by molar-refractivity contribution is 7.89. The predicted octanol–water partition coefficient (Wildman–Crippen LogP) is 2.69. The number of aliphatic hydroxyl groups excluding tert-OH is 2. The van der Waals surface area contributed by atoms with Gasteiger partial charge in [-0.1, -0.05) is 45.9 Å². The lowest BCUT2D eigenvalue weighted by Crippen LogP contribution is -2.70. The second-order valence-corrected chi connectivity index (χ2v) is 21.6. The molecule has 64 heavy (non-hydrogen) atoms. The van der Waals surface area contributed by atoms with Crippen molar-refractivity contribution in [1.82, 2.24) is 14.9 Å². The van der Waals surface area contributed by atoms with Crippen LogP contribution >= 0.6 is 0 Å². The smallest absolute Gasteiger partial charge is 0.311 e. The lowest BCUT2D eigenvalue weighted by atomic mass is 9.75. The number of nitrogens with zero attached hydrogens (tertiary/aromatic N) is 1. The number of rotatable bonds is 13. The Morgan fingerprint density at radius 3 is 2.19 bits per heavy atom. The first-order chi connectivity index (χ1) is 29.7. The molecule has 3 saturated heterocycles. The van der Waals surface area contributed by atoms with E-state index < -0.39 is 118 Å². The predicted molar refractivity (Wildman–Crippen MR) is 239 cm³/mol. The summed E-state index contributed by atoms with van der Waals surface area (Å²) in [7, 11) is -1.17. The van der Waals surface area contributed by atoms with Crippen molar-refractivity contribution in [2.75, 3.05) is 33.8 Å². The molecular formula is C46H81N3O14S. The average Bonchev–Trinajstić information content (AvgIpc) is 3.24. The van der Waals surface area contributed by atoms with E-state index in [1.54, 1.807) is 73.6 Å². The van der Waals surface area contributed by atoms with Crippen molar-refractivity contribution in [2.24, 2.45) is 17.8 Å². The van der Waals surface area contributed by atoms with Gasteiger partial charge in [0, 0.05) is 39.1 Å². The standard InChI is InChI=1S/C46H81N3O14S/c1-14-21-47-26-46(55)32(8)60-36(24-44(46,10)58-13)62-38-29(5)40(63-42-37(50)34(22-28(4)59-42)49(12)64(56,57)33-19-17-16-18-20-33)43(9,53)23-27(3)25-48-31(7)39(51)45(11,54)35(15-2)61-41(52)30(38)6/h16-20,27-32,34-40,42,47-48,50-51,53-55H,14-15,21-26H2,1-13H3/t27-,28-,29+,30-,31-,32+,34+,35-,36+,37-,38+,39-,40-,42+,43-,44-,45-,46+/m1/s1. The van der Waals surface area contributed by atoms with Gasteiger partial charge in [-0.25, -0.2) is 8.42 Å². The molecule has 0 amide bonds. The van der Waals surface area contributed by atoms with E-state index in [1.165, 1.54) is 33.2 Å². The van der Waals surface area contributed by atoms with Gasteiger partial charge >= 0.3 is 5.97 Å². The Morgan fingerprint density at radius 2 is 1.59 bits per heavy atom. The Hall–Kier alpha value is -1.88. The van der Waals surface area contributed by atoms with E-state index in [2.05, 4.69) is 10.6 Å². The fourth-order valence-electron chi connectivity index (χ4n) is 9.99. The molecule has 1 aromatic rings. The zero-order valence-corrected chi connectivity index (χ0v) is 41.2. The molecular weight excluding hydrogens is 851 g/mol. The molecule has 1 aromatic carbocycles. The number of hydrogen-bond donors (Lipinski definition) is 7. The van der Waals surface area contributed by atoms with Gasteiger partial charge in [-0.2, -0.15) is 4.31 Å². The topological polar surface area (TPSA) is 235 Å². The van der Waals surface area contributed by atoms with Crippen molar-refractivity contribution in [3.8, 4) is 0 Å². The Labute approximate surface area is 381 Å². The first-order valence-electron chi connectivity index (χ1n) is 23.1. The third-order valence-electron chi connectivity index (χ3n) is 14.2. The second kappa shape index (κ2) is 22.0. The Balaban J connectivity index is 1.82. The molecule has 17 nitrogen and oxygen atoms in total. The SMILES string of the molecule is CCCNC[C@]1(O)[C@H](C)O[C@@H](O[C@H]2[C@H](C)[C@@H](O[C@@H]3O[C@H](C)C[C@H](N(C)S(=O)(=O)c4ccccc4)[C@H]3O)[C@](C)(O)C[C@@H](C)CN[C@H](C)[C@@H](O)[C@](C)(O)[C@@H](CC)OC(=O)[C@@H]2C)C[C@@]1(C)OC. The third-order valence-corrected chi connectivity index (χ3v) is 16.1. The molecule has 18 heteroatoms. The number of benzene rings is 1. The van der Waals surface area contributed by atoms with Gasteiger partial charge in [0.05, 0.1) is 46.9 Å². The largest absolute Gasteiger partial charge is 0.459 e. The minimum Gasteiger partial charge on any atom is -0.459 e. The Bertz CT molecular complexity index is 1740. The van der Waals surface area contributed by atoms with Crippen LogP contribution in [0, 0.1) is 17.8 Å². The Morgan fingerprint density at radius 1 is 0.953 bits per heavy atom. The molecule has 370 valence electrons. The minimum atomic E-state index is -4.07. The molecule has 3 heterocycles. The molecule has 4 rings (SSSR count). The lowest BCUT2D eigenvalue weighted by molar-refractivity contribution is -0.336. The first kappa shape index (κ1) is 54.7. The summed E-state index contributed by atoms with van der Waals surface area (Å²) in [4.78, 5) is 14.5. The van der Waals surface area contributed by atoms with Crippen LogP contribution in [0.5, 0.6) is 0 Å². The molecule has 18 atom stereocenters. The van der Waals surface area contributed by atoms with E-state index in [9.17, 15) is 38.7 Å². The van der Waals surface area contributed by atoms with Gasteiger partial charge in [0.1, 0.15) is 35.1 Å². The molecule has 0 aliphatic carbocycles. The quantitative estimate of drug-likeness (QED) is 0.111. The second-order valence-electron chi connectivity index (χ2n) is 19.6. The van der Waals surface area contributed by atoms with Crippen LogP contribution in [0.2, 0.25) is 0 Å². The number of carbonyl (C=O) groups excluding carboxylic acids is 1. The van der Waals surface area contributed by atoms with Gasteiger partial charge in [-0.15, -0.1) is 0 Å². The van der Waals surface area contributed by atoms with Gasteiger partial charge in [-0.05, 0) is 105 Å². The molecule has 7 N–H and O–H groups in total. The van der Waals surface area contributed by atoms with Gasteiger partial charge in [-0.3, -0.25) is 4.79 Å². The number of hydrogen-bond acceptors (Lipinski definition) is 16. The van der Waals surface area contributed by atoms with E-state index in [0.717, 1.165) is 10.7 Å². The molecule has 3 aliphatic heterocycles. The third kappa shape index (κ3) is 11.9. The number of ether oxygens (including phenoxy) is 6. The van der Waals surface area contributed by atoms with Crippen LogP contribution in [-0.2, 0) is 43.2 Å². The van der Waals surface area contributed by atoms with E-state index >= 15 is 0 Å². The van der Waals surface area contributed by atoms with E-state index in [1.807, 2.05) is 13.8 Å². The number of aliphatic hydroxyl groups is 5. The molecule has 0 saturated carbocycles. The molecule has 3 fully saturated rings. The van der Waals surface area contributed by atoms with Crippen molar-refractivity contribution in [3.05, 3.63) is 30.3 Å². The number of likely N-dealkylation sites (N-methyl/N-ethyl adjacent to an activating group) is 1. The van der Waals surface area contributed by atoms with Crippen LogP contribution in [-0.4, -0.2) is 168 Å². The molecule has 0 aromatic heterocycles. The number of esters is 1. The summed E-state index contributed by atoms with van der Waals surface area (Å²) < 4.78 is 67.2. The van der Waals surface area contributed by atoms with Gasteiger partial charge in [0.25, 0.3) is 0 Å². The highest BCUT2D eigenvalue weighted by Crippen LogP contribution is 2.43. The van der Waals surface area contributed by atoms with Crippen LogP contribution in [0.3, 0.4) is 0 Å². The molecule has 0 bridgehead atoms. The molecule has 0 unspecified atom stereocenters. The first-order valence-corrected chi connectivity index (χ1v) is 24.5. The van der Waals surface area contributed by atoms with Crippen LogP contribution < -0.4 is 10.6 Å². The minimum absolute atomic E-state index is 0.0238. The van der Waals surface area contributed by atoms with Gasteiger partial charge in [0.2, 0.25) is 10.0 Å². The van der Waals surface area contributed by atoms with Crippen LogP contribution in [0.25, 0.3) is 0 Å². The van der Waals surface area contributed by atoms with E-state index in [4.69, 9.17) is 28.4 Å². The summed E-state index contributed by atoms with van der Waals surface area (Å²) in [5.74, 6) is -3.11. The van der Waals surface area contributed by atoms with Gasteiger partial charge in [0.15, 0.2) is 12.6 Å². The maximum absolute atomic E-state index is 14.5. The van der Waals surface area contributed by atoms with Crippen molar-refractivity contribution in [2.45, 2.75) is 203 Å². The highest BCUT2D eigenvalue weighted by atomic mass is 32.2.